The maximum absolute atomic E-state index is 12.6. The summed E-state index contributed by atoms with van der Waals surface area (Å²) < 4.78 is 6.40. The predicted octanol–water partition coefficient (Wildman–Crippen LogP) is 3.85. The normalized spacial score (nSPS) is 14.6. The number of nitrogens with zero attached hydrogens (tertiary/aromatic N) is 3. The van der Waals surface area contributed by atoms with E-state index in [1.165, 1.54) is 0 Å². The fraction of sp³-hybridized carbons (Fsp3) is 0.300. The highest BCUT2D eigenvalue weighted by molar-refractivity contribution is 7.22. The van der Waals surface area contributed by atoms with Crippen molar-refractivity contribution in [2.45, 2.75) is 6.42 Å². The van der Waals surface area contributed by atoms with Gasteiger partial charge in [-0.1, -0.05) is 41.1 Å². The van der Waals surface area contributed by atoms with Crippen molar-refractivity contribution in [1.29, 1.82) is 0 Å². The summed E-state index contributed by atoms with van der Waals surface area (Å²) in [5, 5.41) is 1.64. The van der Waals surface area contributed by atoms with Gasteiger partial charge in [-0.05, 0) is 29.8 Å². The monoisotopic (exact) mass is 401 g/mol. The summed E-state index contributed by atoms with van der Waals surface area (Å²) in [6, 6.07) is 13.4. The summed E-state index contributed by atoms with van der Waals surface area (Å²) in [7, 11) is 1.67. The molecular formula is C20H20ClN3O2S. The van der Waals surface area contributed by atoms with Crippen LogP contribution in [0.4, 0.5) is 5.13 Å². The Morgan fingerprint density at radius 3 is 2.70 bits per heavy atom. The Balaban J connectivity index is 1.40. The van der Waals surface area contributed by atoms with Crippen LogP contribution in [0.2, 0.25) is 5.02 Å². The third kappa shape index (κ3) is 3.87. The second-order valence-corrected chi connectivity index (χ2v) is 7.88. The van der Waals surface area contributed by atoms with Crippen molar-refractivity contribution in [2.75, 3.05) is 38.2 Å². The van der Waals surface area contributed by atoms with E-state index in [4.69, 9.17) is 21.3 Å². The number of hydrogen-bond donors (Lipinski definition) is 0. The van der Waals surface area contributed by atoms with E-state index in [0.717, 1.165) is 39.8 Å². The van der Waals surface area contributed by atoms with E-state index < -0.39 is 0 Å². The van der Waals surface area contributed by atoms with Gasteiger partial charge in [0, 0.05) is 31.2 Å². The lowest BCUT2D eigenvalue weighted by Crippen LogP contribution is -2.49. The number of piperazine rings is 1. The molecule has 140 valence electrons. The van der Waals surface area contributed by atoms with Crippen molar-refractivity contribution in [3.63, 3.8) is 0 Å². The second kappa shape index (κ2) is 7.74. The molecule has 2 aromatic carbocycles. The first-order chi connectivity index (χ1) is 13.1. The quantitative estimate of drug-likeness (QED) is 0.666. The number of hydrogen-bond acceptors (Lipinski definition) is 5. The number of fused-ring (bicyclic) bond motifs is 1. The van der Waals surface area contributed by atoms with Gasteiger partial charge < -0.3 is 14.5 Å². The minimum atomic E-state index is 0.122. The minimum Gasteiger partial charge on any atom is -0.497 e. The highest BCUT2D eigenvalue weighted by Crippen LogP contribution is 2.32. The van der Waals surface area contributed by atoms with Crippen LogP contribution in [0.3, 0.4) is 0 Å². The zero-order chi connectivity index (χ0) is 18.8. The lowest BCUT2D eigenvalue weighted by molar-refractivity contribution is -0.130. The fourth-order valence-corrected chi connectivity index (χ4v) is 4.47. The number of halogens is 1. The molecule has 3 aromatic rings. The molecule has 5 nitrogen and oxygen atoms in total. The van der Waals surface area contributed by atoms with Gasteiger partial charge in [-0.25, -0.2) is 4.98 Å². The number of ether oxygens (including phenoxy) is 1. The number of thiazole rings is 1. The van der Waals surface area contributed by atoms with Gasteiger partial charge in [0.2, 0.25) is 5.91 Å². The van der Waals surface area contributed by atoms with Gasteiger partial charge in [0.15, 0.2) is 5.13 Å². The molecule has 0 saturated carbocycles. The molecular weight excluding hydrogens is 382 g/mol. The molecule has 2 heterocycles. The molecule has 0 radical (unpaired) electrons. The van der Waals surface area contributed by atoms with Crippen LogP contribution in [-0.2, 0) is 11.2 Å². The van der Waals surface area contributed by atoms with Crippen molar-refractivity contribution in [2.24, 2.45) is 0 Å². The van der Waals surface area contributed by atoms with Gasteiger partial charge in [0.1, 0.15) is 5.75 Å². The number of anilines is 1. The number of benzene rings is 2. The van der Waals surface area contributed by atoms with Gasteiger partial charge in [-0.15, -0.1) is 0 Å². The zero-order valence-corrected chi connectivity index (χ0v) is 16.6. The van der Waals surface area contributed by atoms with Crippen LogP contribution in [0.15, 0.2) is 42.5 Å². The standard InChI is InChI=1S/C20H20ClN3O2S/c1-26-15-6-7-17-18(13-15)27-20(22-17)24-10-8-23(9-11-24)19(25)12-14-4-2-3-5-16(14)21/h2-7,13H,8-12H2,1H3. The summed E-state index contributed by atoms with van der Waals surface area (Å²) >= 11 is 7.84. The lowest BCUT2D eigenvalue weighted by Gasteiger charge is -2.34. The van der Waals surface area contributed by atoms with E-state index in [-0.39, 0.29) is 5.91 Å². The molecule has 0 unspecified atom stereocenters. The number of amides is 1. The van der Waals surface area contributed by atoms with Gasteiger partial charge >= 0.3 is 0 Å². The minimum absolute atomic E-state index is 0.122. The average molecular weight is 402 g/mol. The third-order valence-electron chi connectivity index (χ3n) is 4.79. The molecule has 0 bridgehead atoms. The Kier molecular flexibility index (Phi) is 5.18. The molecule has 0 atom stereocenters. The summed E-state index contributed by atoms with van der Waals surface area (Å²) in [6.45, 7) is 2.96. The highest BCUT2D eigenvalue weighted by Gasteiger charge is 2.23. The first kappa shape index (κ1) is 18.1. The van der Waals surface area contributed by atoms with Crippen LogP contribution >= 0.6 is 22.9 Å². The summed E-state index contributed by atoms with van der Waals surface area (Å²) in [6.07, 6.45) is 0.348. The average Bonchev–Trinajstić information content (AvgIpc) is 3.13. The SMILES string of the molecule is COc1ccc2nc(N3CCN(C(=O)Cc4ccccc4Cl)CC3)sc2c1. The molecule has 1 aliphatic rings. The van der Waals surface area contributed by atoms with Crippen LogP contribution in [0.1, 0.15) is 5.56 Å². The molecule has 1 fully saturated rings. The topological polar surface area (TPSA) is 45.7 Å². The Bertz CT molecular complexity index is 967. The molecule has 1 aliphatic heterocycles. The van der Waals surface area contributed by atoms with Crippen molar-refractivity contribution in [3.8, 4) is 5.75 Å². The molecule has 4 rings (SSSR count). The van der Waals surface area contributed by atoms with E-state index in [0.29, 0.717) is 24.5 Å². The number of methoxy groups -OCH3 is 1. The number of rotatable bonds is 4. The molecule has 0 aliphatic carbocycles. The molecule has 1 saturated heterocycles. The van der Waals surface area contributed by atoms with Crippen molar-refractivity contribution in [1.82, 2.24) is 9.88 Å². The smallest absolute Gasteiger partial charge is 0.227 e. The van der Waals surface area contributed by atoms with E-state index >= 15 is 0 Å². The van der Waals surface area contributed by atoms with Gasteiger partial charge in [0.05, 0.1) is 23.7 Å². The molecule has 27 heavy (non-hydrogen) atoms. The Morgan fingerprint density at radius 2 is 1.96 bits per heavy atom. The van der Waals surface area contributed by atoms with Crippen molar-refractivity contribution >= 4 is 44.2 Å². The second-order valence-electron chi connectivity index (χ2n) is 6.47. The molecule has 1 aromatic heterocycles. The summed E-state index contributed by atoms with van der Waals surface area (Å²) in [5.41, 5.74) is 1.86. The van der Waals surface area contributed by atoms with Crippen molar-refractivity contribution < 1.29 is 9.53 Å². The van der Waals surface area contributed by atoms with Crippen LogP contribution in [0.5, 0.6) is 5.75 Å². The van der Waals surface area contributed by atoms with Crippen LogP contribution < -0.4 is 9.64 Å². The third-order valence-corrected chi connectivity index (χ3v) is 6.23. The van der Waals surface area contributed by atoms with E-state index in [1.807, 2.05) is 47.4 Å². The fourth-order valence-electron chi connectivity index (χ4n) is 3.22. The number of aromatic nitrogens is 1. The van der Waals surface area contributed by atoms with Crippen molar-refractivity contribution in [3.05, 3.63) is 53.1 Å². The van der Waals surface area contributed by atoms with E-state index in [2.05, 4.69) is 4.90 Å². The summed E-state index contributed by atoms with van der Waals surface area (Å²) in [5.74, 6) is 0.962. The Labute approximate surface area is 167 Å². The maximum atomic E-state index is 12.6. The summed E-state index contributed by atoms with van der Waals surface area (Å²) in [4.78, 5) is 21.5. The molecule has 0 N–H and O–H groups in total. The number of carbonyl (C=O) groups is 1. The lowest BCUT2D eigenvalue weighted by atomic mass is 10.1. The molecule has 0 spiro atoms. The van der Waals surface area contributed by atoms with E-state index in [9.17, 15) is 4.79 Å². The largest absolute Gasteiger partial charge is 0.497 e. The first-order valence-corrected chi connectivity index (χ1v) is 10.0. The first-order valence-electron chi connectivity index (χ1n) is 8.85. The predicted molar refractivity (Wildman–Crippen MR) is 110 cm³/mol. The zero-order valence-electron chi connectivity index (χ0n) is 15.0. The van der Waals surface area contributed by atoms with Gasteiger partial charge in [-0.2, -0.15) is 0 Å². The Morgan fingerprint density at radius 1 is 1.19 bits per heavy atom. The highest BCUT2D eigenvalue weighted by atomic mass is 35.5. The van der Waals surface area contributed by atoms with Crippen LogP contribution in [-0.4, -0.2) is 49.1 Å². The number of carbonyl (C=O) groups excluding carboxylic acids is 1. The molecule has 7 heteroatoms. The molecule has 1 amide bonds. The van der Waals surface area contributed by atoms with Gasteiger partial charge in [0.25, 0.3) is 0 Å². The maximum Gasteiger partial charge on any atom is 0.227 e. The van der Waals surface area contributed by atoms with Crippen LogP contribution in [0, 0.1) is 0 Å². The Hall–Kier alpha value is -2.31. The van der Waals surface area contributed by atoms with Crippen LogP contribution in [0.25, 0.3) is 10.2 Å². The van der Waals surface area contributed by atoms with E-state index in [1.54, 1.807) is 18.4 Å². The van der Waals surface area contributed by atoms with Gasteiger partial charge in [-0.3, -0.25) is 4.79 Å².